The predicted molar refractivity (Wildman–Crippen MR) is 63.9 cm³/mol. The SMILES string of the molecule is CCC1(CNc2ncc(C(=O)OC)s2)CC1. The fourth-order valence-electron chi connectivity index (χ4n) is 1.65. The molecule has 1 aliphatic carbocycles. The summed E-state index contributed by atoms with van der Waals surface area (Å²) in [5, 5.41) is 4.10. The van der Waals surface area contributed by atoms with Gasteiger partial charge >= 0.3 is 5.97 Å². The lowest BCUT2D eigenvalue weighted by atomic mass is 10.0. The number of nitrogens with zero attached hydrogens (tertiary/aromatic N) is 1. The smallest absolute Gasteiger partial charge is 0.349 e. The zero-order chi connectivity index (χ0) is 11.6. The first-order valence-corrected chi connectivity index (χ1v) is 6.29. The molecule has 0 aromatic carbocycles. The molecule has 0 bridgehead atoms. The third-order valence-corrected chi connectivity index (χ3v) is 4.15. The number of carbonyl (C=O) groups is 1. The summed E-state index contributed by atoms with van der Waals surface area (Å²) in [6, 6.07) is 0. The van der Waals surface area contributed by atoms with Crippen LogP contribution in [-0.4, -0.2) is 24.6 Å². The summed E-state index contributed by atoms with van der Waals surface area (Å²) in [6.07, 6.45) is 5.36. The van der Waals surface area contributed by atoms with Gasteiger partial charge in [-0.25, -0.2) is 9.78 Å². The van der Waals surface area contributed by atoms with Crippen molar-refractivity contribution < 1.29 is 9.53 Å². The molecule has 0 aliphatic heterocycles. The number of hydrogen-bond acceptors (Lipinski definition) is 5. The highest BCUT2D eigenvalue weighted by Gasteiger charge is 2.40. The van der Waals surface area contributed by atoms with Crippen LogP contribution >= 0.6 is 11.3 Å². The summed E-state index contributed by atoms with van der Waals surface area (Å²) in [5.74, 6) is -0.317. The number of nitrogens with one attached hydrogen (secondary N) is 1. The minimum absolute atomic E-state index is 0.317. The zero-order valence-corrected chi connectivity index (χ0v) is 10.4. The molecule has 0 radical (unpaired) electrons. The molecule has 0 unspecified atom stereocenters. The van der Waals surface area contributed by atoms with Gasteiger partial charge in [-0.05, 0) is 24.7 Å². The van der Waals surface area contributed by atoms with Crippen molar-refractivity contribution >= 4 is 22.4 Å². The van der Waals surface area contributed by atoms with Crippen LogP contribution in [0.3, 0.4) is 0 Å². The summed E-state index contributed by atoms with van der Waals surface area (Å²) in [5.41, 5.74) is 0.483. The second-order valence-corrected chi connectivity index (χ2v) is 5.26. The fourth-order valence-corrected chi connectivity index (χ4v) is 2.38. The monoisotopic (exact) mass is 240 g/mol. The van der Waals surface area contributed by atoms with Crippen molar-refractivity contribution in [2.24, 2.45) is 5.41 Å². The minimum atomic E-state index is -0.317. The quantitative estimate of drug-likeness (QED) is 0.803. The standard InChI is InChI=1S/C11H16N2O2S/c1-3-11(4-5-11)7-13-10-12-6-8(16-10)9(14)15-2/h6H,3-5,7H2,1-2H3,(H,12,13). The molecule has 2 rings (SSSR count). The third kappa shape index (κ3) is 2.35. The van der Waals surface area contributed by atoms with Crippen LogP contribution in [0.4, 0.5) is 5.13 Å². The lowest BCUT2D eigenvalue weighted by Crippen LogP contribution is -2.13. The Kier molecular flexibility index (Phi) is 3.14. The second kappa shape index (κ2) is 4.41. The van der Waals surface area contributed by atoms with E-state index < -0.39 is 0 Å². The molecule has 5 heteroatoms. The van der Waals surface area contributed by atoms with Crippen molar-refractivity contribution in [2.45, 2.75) is 26.2 Å². The molecule has 0 spiro atoms. The van der Waals surface area contributed by atoms with Gasteiger partial charge in [-0.1, -0.05) is 18.3 Å². The van der Waals surface area contributed by atoms with Gasteiger partial charge in [0.05, 0.1) is 13.3 Å². The number of rotatable bonds is 5. The van der Waals surface area contributed by atoms with E-state index in [1.165, 1.54) is 37.7 Å². The maximum absolute atomic E-state index is 11.2. The number of thiazole rings is 1. The molecule has 88 valence electrons. The van der Waals surface area contributed by atoms with E-state index in [0.29, 0.717) is 10.3 Å². The van der Waals surface area contributed by atoms with Gasteiger partial charge < -0.3 is 10.1 Å². The van der Waals surface area contributed by atoms with E-state index in [1.54, 1.807) is 6.20 Å². The first-order chi connectivity index (χ1) is 7.69. The number of methoxy groups -OCH3 is 1. The van der Waals surface area contributed by atoms with Crippen LogP contribution in [0.5, 0.6) is 0 Å². The van der Waals surface area contributed by atoms with Crippen molar-refractivity contribution in [3.05, 3.63) is 11.1 Å². The van der Waals surface area contributed by atoms with Crippen molar-refractivity contribution in [2.75, 3.05) is 19.0 Å². The Labute approximate surface area is 99.0 Å². The van der Waals surface area contributed by atoms with E-state index in [2.05, 4.69) is 22.0 Å². The number of ether oxygens (including phenoxy) is 1. The van der Waals surface area contributed by atoms with Crippen molar-refractivity contribution in [1.82, 2.24) is 4.98 Å². The van der Waals surface area contributed by atoms with E-state index >= 15 is 0 Å². The van der Waals surface area contributed by atoms with E-state index in [9.17, 15) is 4.79 Å². The van der Waals surface area contributed by atoms with Crippen molar-refractivity contribution in [3.8, 4) is 0 Å². The third-order valence-electron chi connectivity index (χ3n) is 3.21. The van der Waals surface area contributed by atoms with Gasteiger partial charge in [-0.3, -0.25) is 0 Å². The molecule has 1 fully saturated rings. The van der Waals surface area contributed by atoms with Crippen LogP contribution in [0.15, 0.2) is 6.20 Å². The molecule has 1 aromatic heterocycles. The highest BCUT2D eigenvalue weighted by molar-refractivity contribution is 7.17. The number of aromatic nitrogens is 1. The summed E-state index contributed by atoms with van der Waals surface area (Å²) < 4.78 is 4.63. The van der Waals surface area contributed by atoms with Crippen LogP contribution in [0.1, 0.15) is 35.9 Å². The Morgan fingerprint density at radius 3 is 3.00 bits per heavy atom. The Balaban J connectivity index is 1.90. The molecule has 1 aliphatic rings. The molecular formula is C11H16N2O2S. The van der Waals surface area contributed by atoms with Crippen LogP contribution in [0.25, 0.3) is 0 Å². The van der Waals surface area contributed by atoms with E-state index in [1.807, 2.05) is 0 Å². The minimum Gasteiger partial charge on any atom is -0.465 e. The topological polar surface area (TPSA) is 51.2 Å². The summed E-state index contributed by atoms with van der Waals surface area (Å²) in [7, 11) is 1.38. The first kappa shape index (κ1) is 11.4. The van der Waals surface area contributed by atoms with E-state index in [4.69, 9.17) is 0 Å². The normalized spacial score (nSPS) is 16.9. The van der Waals surface area contributed by atoms with Gasteiger partial charge in [0.25, 0.3) is 0 Å². The maximum Gasteiger partial charge on any atom is 0.349 e. The summed E-state index contributed by atoms with van der Waals surface area (Å²) in [4.78, 5) is 15.9. The zero-order valence-electron chi connectivity index (χ0n) is 9.58. The van der Waals surface area contributed by atoms with Gasteiger partial charge in [-0.15, -0.1) is 0 Å². The predicted octanol–water partition coefficient (Wildman–Crippen LogP) is 2.53. The average Bonchev–Trinajstić information content (AvgIpc) is 2.95. The Morgan fingerprint density at radius 1 is 1.69 bits per heavy atom. The van der Waals surface area contributed by atoms with Gasteiger partial charge in [0, 0.05) is 6.54 Å². The summed E-state index contributed by atoms with van der Waals surface area (Å²) >= 11 is 1.35. The first-order valence-electron chi connectivity index (χ1n) is 5.47. The van der Waals surface area contributed by atoms with Crippen LogP contribution in [0.2, 0.25) is 0 Å². The van der Waals surface area contributed by atoms with Gasteiger partial charge in [0.15, 0.2) is 5.13 Å². The molecule has 0 atom stereocenters. The van der Waals surface area contributed by atoms with Gasteiger partial charge in [0.2, 0.25) is 0 Å². The molecule has 1 saturated carbocycles. The van der Waals surface area contributed by atoms with E-state index in [0.717, 1.165) is 11.7 Å². The van der Waals surface area contributed by atoms with Gasteiger partial charge in [0.1, 0.15) is 4.88 Å². The Hall–Kier alpha value is -1.10. The maximum atomic E-state index is 11.2. The van der Waals surface area contributed by atoms with Crippen LogP contribution in [0, 0.1) is 5.41 Å². The highest BCUT2D eigenvalue weighted by Crippen LogP contribution is 2.48. The molecule has 0 amide bonds. The molecule has 0 saturated heterocycles. The molecule has 4 nitrogen and oxygen atoms in total. The van der Waals surface area contributed by atoms with Gasteiger partial charge in [-0.2, -0.15) is 0 Å². The fraction of sp³-hybridized carbons (Fsp3) is 0.636. The molecular weight excluding hydrogens is 224 g/mol. The largest absolute Gasteiger partial charge is 0.465 e. The molecule has 1 heterocycles. The number of anilines is 1. The Morgan fingerprint density at radius 2 is 2.44 bits per heavy atom. The number of esters is 1. The van der Waals surface area contributed by atoms with Crippen LogP contribution < -0.4 is 5.32 Å². The molecule has 1 aromatic rings. The lowest BCUT2D eigenvalue weighted by molar-refractivity contribution is 0.0606. The van der Waals surface area contributed by atoms with E-state index in [-0.39, 0.29) is 5.97 Å². The number of carbonyl (C=O) groups excluding carboxylic acids is 1. The van der Waals surface area contributed by atoms with Crippen molar-refractivity contribution in [1.29, 1.82) is 0 Å². The second-order valence-electron chi connectivity index (χ2n) is 4.23. The average molecular weight is 240 g/mol. The van der Waals surface area contributed by atoms with Crippen LogP contribution in [-0.2, 0) is 4.74 Å². The number of hydrogen-bond donors (Lipinski definition) is 1. The Bertz CT molecular complexity index is 385. The lowest BCUT2D eigenvalue weighted by Gasteiger charge is -2.11. The molecule has 1 N–H and O–H groups in total. The summed E-state index contributed by atoms with van der Waals surface area (Å²) in [6.45, 7) is 3.17. The highest BCUT2D eigenvalue weighted by atomic mass is 32.1. The van der Waals surface area contributed by atoms with Crippen molar-refractivity contribution in [3.63, 3.8) is 0 Å². The molecule has 16 heavy (non-hydrogen) atoms.